The molecule has 1 aromatic carbocycles. The van der Waals surface area contributed by atoms with E-state index in [1.54, 1.807) is 0 Å². The molecule has 0 aliphatic heterocycles. The summed E-state index contributed by atoms with van der Waals surface area (Å²) in [5.41, 5.74) is -3.20. The van der Waals surface area contributed by atoms with Crippen LogP contribution < -0.4 is 10.6 Å². The lowest BCUT2D eigenvalue weighted by Gasteiger charge is -2.08. The van der Waals surface area contributed by atoms with Gasteiger partial charge in [-0.2, -0.15) is 13.2 Å². The Morgan fingerprint density at radius 2 is 1.96 bits per heavy atom. The van der Waals surface area contributed by atoms with Gasteiger partial charge in [-0.25, -0.2) is 14.2 Å². The molecule has 2 aromatic heterocycles. The minimum absolute atomic E-state index is 0.218. The number of amides is 2. The number of hydrogen-bond acceptors (Lipinski definition) is 3. The van der Waals surface area contributed by atoms with Gasteiger partial charge >= 0.3 is 11.5 Å². The fraction of sp³-hybridized carbons (Fsp3) is 0.0667. The lowest BCUT2D eigenvalue weighted by Crippen LogP contribution is -2.19. The first-order valence-corrected chi connectivity index (χ1v) is 7.68. The van der Waals surface area contributed by atoms with Crippen LogP contribution in [-0.4, -0.2) is 21.5 Å². The fourth-order valence-corrected chi connectivity index (χ4v) is 2.59. The number of carbonyl (C=O) groups is 1. The lowest BCUT2D eigenvalue weighted by atomic mass is 10.2. The van der Waals surface area contributed by atoms with Crippen LogP contribution in [0.25, 0.3) is 10.9 Å². The number of pyridine rings is 1. The first-order valence-electron chi connectivity index (χ1n) is 6.86. The van der Waals surface area contributed by atoms with Crippen LogP contribution in [0.4, 0.5) is 33.7 Å². The van der Waals surface area contributed by atoms with Crippen LogP contribution in [0.3, 0.4) is 0 Å². The number of thioether (sulfide) groups is 1. The molecule has 0 aliphatic carbocycles. The summed E-state index contributed by atoms with van der Waals surface area (Å²) in [4.78, 5) is 18.5. The predicted octanol–water partition coefficient (Wildman–Crippen LogP) is 4.96. The molecule has 0 atom stereocenters. The number of alkyl halides is 3. The van der Waals surface area contributed by atoms with E-state index in [0.29, 0.717) is 16.6 Å². The van der Waals surface area contributed by atoms with Crippen LogP contribution in [-0.2, 0) is 0 Å². The lowest BCUT2D eigenvalue weighted by molar-refractivity contribution is -0.0329. The van der Waals surface area contributed by atoms with Crippen molar-refractivity contribution in [2.45, 2.75) is 10.5 Å². The van der Waals surface area contributed by atoms with Crippen molar-refractivity contribution in [2.24, 2.45) is 0 Å². The van der Waals surface area contributed by atoms with E-state index in [-0.39, 0.29) is 22.5 Å². The number of carbonyl (C=O) groups excluding carboxylic acids is 1. The Labute approximate surface area is 142 Å². The monoisotopic (exact) mass is 370 g/mol. The third-order valence-corrected chi connectivity index (χ3v) is 3.79. The molecule has 2 amide bonds. The Balaban J connectivity index is 1.67. The first kappa shape index (κ1) is 17.1. The number of aromatic nitrogens is 2. The Kier molecular flexibility index (Phi) is 4.53. The van der Waals surface area contributed by atoms with Crippen LogP contribution in [0.5, 0.6) is 0 Å². The van der Waals surface area contributed by atoms with E-state index >= 15 is 0 Å². The molecule has 0 unspecified atom stereocenters. The van der Waals surface area contributed by atoms with E-state index in [0.717, 1.165) is 12.3 Å². The van der Waals surface area contributed by atoms with Crippen LogP contribution in [0, 0.1) is 5.82 Å². The van der Waals surface area contributed by atoms with Gasteiger partial charge in [-0.05, 0) is 30.3 Å². The number of anilines is 2. The summed E-state index contributed by atoms with van der Waals surface area (Å²) in [6.07, 6.45) is 2.62. The number of fused-ring (bicyclic) bond motifs is 1. The van der Waals surface area contributed by atoms with Crippen LogP contribution in [0.1, 0.15) is 0 Å². The minimum Gasteiger partial charge on any atom is -0.359 e. The van der Waals surface area contributed by atoms with Gasteiger partial charge in [-0.15, -0.1) is 0 Å². The van der Waals surface area contributed by atoms with E-state index in [9.17, 15) is 22.4 Å². The molecule has 0 aliphatic rings. The fourth-order valence-electron chi connectivity index (χ4n) is 2.11. The summed E-state index contributed by atoms with van der Waals surface area (Å²) in [5.74, 6) is -0.447. The number of rotatable bonds is 3. The van der Waals surface area contributed by atoms with Crippen molar-refractivity contribution in [1.82, 2.24) is 9.97 Å². The maximum Gasteiger partial charge on any atom is 0.447 e. The molecule has 2 heterocycles. The van der Waals surface area contributed by atoms with Crippen molar-refractivity contribution in [3.63, 3.8) is 0 Å². The molecule has 3 N–H and O–H groups in total. The molecular weight excluding hydrogens is 360 g/mol. The normalized spacial score (nSPS) is 11.5. The number of hydrogen-bond donors (Lipinski definition) is 3. The number of nitrogens with one attached hydrogen (secondary N) is 3. The zero-order valence-corrected chi connectivity index (χ0v) is 13.1. The highest BCUT2D eigenvalue weighted by atomic mass is 32.2. The summed E-state index contributed by atoms with van der Waals surface area (Å²) < 4.78 is 50.0. The Morgan fingerprint density at radius 3 is 2.64 bits per heavy atom. The van der Waals surface area contributed by atoms with E-state index < -0.39 is 17.4 Å². The van der Waals surface area contributed by atoms with Gasteiger partial charge in [0.05, 0.1) is 17.6 Å². The van der Waals surface area contributed by atoms with Gasteiger partial charge < -0.3 is 15.6 Å². The van der Waals surface area contributed by atoms with Crippen LogP contribution >= 0.6 is 11.8 Å². The molecule has 0 spiro atoms. The van der Waals surface area contributed by atoms with Crippen molar-refractivity contribution in [1.29, 1.82) is 0 Å². The zero-order chi connectivity index (χ0) is 18.0. The average molecular weight is 370 g/mol. The number of benzene rings is 1. The summed E-state index contributed by atoms with van der Waals surface area (Å²) in [6.45, 7) is 0. The highest BCUT2D eigenvalue weighted by Gasteiger charge is 2.29. The number of urea groups is 1. The molecule has 0 bridgehead atoms. The first-order chi connectivity index (χ1) is 11.8. The van der Waals surface area contributed by atoms with Crippen molar-refractivity contribution in [3.8, 4) is 0 Å². The summed E-state index contributed by atoms with van der Waals surface area (Å²) >= 11 is -0.344. The number of nitrogens with zero attached hydrogens (tertiary/aromatic N) is 1. The third-order valence-electron chi connectivity index (χ3n) is 3.11. The molecule has 0 radical (unpaired) electrons. The van der Waals surface area contributed by atoms with Gasteiger partial charge in [-0.1, -0.05) is 0 Å². The van der Waals surface area contributed by atoms with E-state index in [1.165, 1.54) is 30.5 Å². The molecule has 0 fully saturated rings. The number of aromatic amines is 1. The molecule has 130 valence electrons. The predicted molar refractivity (Wildman–Crippen MR) is 87.0 cm³/mol. The molecule has 0 saturated heterocycles. The highest BCUT2D eigenvalue weighted by molar-refractivity contribution is 8.00. The van der Waals surface area contributed by atoms with Gasteiger partial charge in [0.25, 0.3) is 0 Å². The van der Waals surface area contributed by atoms with Crippen LogP contribution in [0.2, 0.25) is 0 Å². The largest absolute Gasteiger partial charge is 0.447 e. The molecule has 10 heteroatoms. The molecule has 5 nitrogen and oxygen atoms in total. The summed E-state index contributed by atoms with van der Waals surface area (Å²) in [5, 5.41) is 5.23. The second-order valence-corrected chi connectivity index (χ2v) is 5.99. The molecule has 3 rings (SSSR count). The summed E-state index contributed by atoms with van der Waals surface area (Å²) in [7, 11) is 0. The Morgan fingerprint density at radius 1 is 1.16 bits per heavy atom. The average Bonchev–Trinajstić information content (AvgIpc) is 2.90. The standard InChI is InChI=1S/C15H10F4N4OS/c16-8-1-3-11-10(5-8)12(7-20-11)23-14(24)22-9-2-4-13(21-6-9)25-15(17,18)19/h1-7,20H,(H2,22,23,24). The summed E-state index contributed by atoms with van der Waals surface area (Å²) in [6, 6.07) is 5.91. The van der Waals surface area contributed by atoms with Crippen molar-refractivity contribution >= 4 is 40.1 Å². The smallest absolute Gasteiger partial charge is 0.359 e. The van der Waals surface area contributed by atoms with Crippen molar-refractivity contribution in [2.75, 3.05) is 10.6 Å². The second kappa shape index (κ2) is 6.63. The molecule has 3 aromatic rings. The number of H-pyrrole nitrogens is 1. The minimum atomic E-state index is -4.43. The van der Waals surface area contributed by atoms with Crippen molar-refractivity contribution < 1.29 is 22.4 Å². The second-order valence-electron chi connectivity index (χ2n) is 4.90. The maximum atomic E-state index is 13.3. The van der Waals surface area contributed by atoms with E-state index in [1.807, 2.05) is 0 Å². The third kappa shape index (κ3) is 4.41. The quantitative estimate of drug-likeness (QED) is 0.451. The Bertz CT molecular complexity index is 908. The molecule has 25 heavy (non-hydrogen) atoms. The van der Waals surface area contributed by atoms with Gasteiger partial charge in [0.15, 0.2) is 0 Å². The van der Waals surface area contributed by atoms with Gasteiger partial charge in [0.2, 0.25) is 0 Å². The van der Waals surface area contributed by atoms with Crippen LogP contribution in [0.15, 0.2) is 47.8 Å². The maximum absolute atomic E-state index is 13.3. The molecular formula is C15H10F4N4OS. The zero-order valence-electron chi connectivity index (χ0n) is 12.3. The van der Waals surface area contributed by atoms with Gasteiger partial charge in [0, 0.05) is 28.9 Å². The molecule has 0 saturated carbocycles. The highest BCUT2D eigenvalue weighted by Crippen LogP contribution is 2.35. The van der Waals surface area contributed by atoms with Gasteiger partial charge in [0.1, 0.15) is 10.8 Å². The topological polar surface area (TPSA) is 69.8 Å². The van der Waals surface area contributed by atoms with E-state index in [4.69, 9.17) is 0 Å². The van der Waals surface area contributed by atoms with E-state index in [2.05, 4.69) is 20.6 Å². The number of halogens is 4. The van der Waals surface area contributed by atoms with Gasteiger partial charge in [-0.3, -0.25) is 0 Å². The SMILES string of the molecule is O=C(Nc1ccc(SC(F)(F)F)nc1)Nc1c[nH]c2ccc(F)cc12. The Hall–Kier alpha value is -2.75. The van der Waals surface area contributed by atoms with Crippen molar-refractivity contribution in [3.05, 3.63) is 48.5 Å².